The van der Waals surface area contributed by atoms with Crippen LogP contribution in [0, 0.1) is 34.0 Å². The Kier molecular flexibility index (Phi) is 4.34. The van der Waals surface area contributed by atoms with Crippen LogP contribution in [-0.2, 0) is 0 Å². The molecule has 0 fully saturated rings. The lowest BCUT2D eigenvalue weighted by molar-refractivity contribution is 0.416. The number of rotatable bonds is 4. The Morgan fingerprint density at radius 3 is 2.36 bits per heavy atom. The number of benzene rings is 1. The van der Waals surface area contributed by atoms with Gasteiger partial charge in [0.1, 0.15) is 42.3 Å². The van der Waals surface area contributed by atoms with Gasteiger partial charge in [-0.15, -0.1) is 10.2 Å². The van der Waals surface area contributed by atoms with Crippen LogP contribution in [0.5, 0.6) is 5.75 Å². The van der Waals surface area contributed by atoms with E-state index in [0.717, 1.165) is 5.69 Å². The van der Waals surface area contributed by atoms with E-state index in [1.165, 1.54) is 19.8 Å². The molecule has 0 bridgehead atoms. The van der Waals surface area contributed by atoms with E-state index in [1.807, 2.05) is 0 Å². The molecule has 0 saturated heterocycles. The lowest BCUT2D eigenvalue weighted by Crippen LogP contribution is -2.03. The summed E-state index contributed by atoms with van der Waals surface area (Å²) >= 11 is 0. The number of nitrogens with zero attached hydrogens (tertiary/aromatic N) is 6. The van der Waals surface area contributed by atoms with E-state index >= 15 is 0 Å². The summed E-state index contributed by atoms with van der Waals surface area (Å²) in [6.45, 7) is 0. The molecule has 0 unspecified atom stereocenters. The quantitative estimate of drug-likeness (QED) is 0.846. The van der Waals surface area contributed by atoms with Crippen LogP contribution in [0.15, 0.2) is 42.1 Å². The highest BCUT2D eigenvalue weighted by Crippen LogP contribution is 2.28. The molecule has 8 heteroatoms. The summed E-state index contributed by atoms with van der Waals surface area (Å²) < 4.78 is 6.87. The van der Waals surface area contributed by atoms with Crippen molar-refractivity contribution in [1.82, 2.24) is 14.8 Å². The Morgan fingerprint density at radius 1 is 1.14 bits per heavy atom. The van der Waals surface area contributed by atoms with Crippen molar-refractivity contribution in [1.29, 1.82) is 15.8 Å². The molecule has 0 atom stereocenters. The highest BCUT2D eigenvalue weighted by atomic mass is 16.5. The summed E-state index contributed by atoms with van der Waals surface area (Å²) in [4.78, 5) is 0. The monoisotopic (exact) mass is 291 g/mol. The lowest BCUT2D eigenvalue weighted by atomic mass is 10.2. The zero-order chi connectivity index (χ0) is 15.9. The van der Waals surface area contributed by atoms with E-state index < -0.39 is 0 Å². The van der Waals surface area contributed by atoms with Gasteiger partial charge in [-0.1, -0.05) is 0 Å². The molecule has 1 aromatic carbocycles. The van der Waals surface area contributed by atoms with Crippen LogP contribution in [0.4, 0.5) is 5.69 Å². The zero-order valence-electron chi connectivity index (χ0n) is 11.5. The minimum Gasteiger partial charge on any atom is -0.495 e. The summed E-state index contributed by atoms with van der Waals surface area (Å²) in [5.74, 6) is 0.458. The number of allylic oxidation sites excluding steroid dienone is 2. The van der Waals surface area contributed by atoms with Gasteiger partial charge in [-0.2, -0.15) is 15.8 Å². The standard InChI is InChI=1S/C14H9N7O/c1-22-14-3-2-11(21-8-18-19-9-21)4-12(14)20-13(7-17)10(5-15)6-16/h2-4,8-9,20H,1H3. The van der Waals surface area contributed by atoms with Gasteiger partial charge in [0.25, 0.3) is 0 Å². The summed E-state index contributed by atoms with van der Waals surface area (Å²) in [5, 5.41) is 37.0. The SMILES string of the molecule is COc1ccc(-n2cnnc2)cc1NC(C#N)=C(C#N)C#N. The van der Waals surface area contributed by atoms with E-state index in [9.17, 15) is 0 Å². The van der Waals surface area contributed by atoms with E-state index in [0.29, 0.717) is 11.4 Å². The van der Waals surface area contributed by atoms with Crippen LogP contribution in [0.25, 0.3) is 5.69 Å². The highest BCUT2D eigenvalue weighted by molar-refractivity contribution is 5.67. The van der Waals surface area contributed by atoms with Gasteiger partial charge in [0.15, 0.2) is 5.57 Å². The summed E-state index contributed by atoms with van der Waals surface area (Å²) in [6.07, 6.45) is 3.03. The Balaban J connectivity index is 2.48. The van der Waals surface area contributed by atoms with Crippen LogP contribution >= 0.6 is 0 Å². The zero-order valence-corrected chi connectivity index (χ0v) is 11.5. The molecule has 0 radical (unpaired) electrons. The van der Waals surface area contributed by atoms with Gasteiger partial charge in [0, 0.05) is 0 Å². The third-order valence-corrected chi connectivity index (χ3v) is 2.75. The number of ether oxygens (including phenoxy) is 1. The second-order valence-electron chi connectivity index (χ2n) is 3.96. The second-order valence-corrected chi connectivity index (χ2v) is 3.96. The first-order valence-corrected chi connectivity index (χ1v) is 5.98. The van der Waals surface area contributed by atoms with Crippen molar-refractivity contribution >= 4 is 5.69 Å². The summed E-state index contributed by atoms with van der Waals surface area (Å²) in [5.41, 5.74) is 0.706. The highest BCUT2D eigenvalue weighted by Gasteiger charge is 2.11. The van der Waals surface area contributed by atoms with E-state index in [2.05, 4.69) is 15.5 Å². The molecule has 0 spiro atoms. The Morgan fingerprint density at radius 2 is 1.82 bits per heavy atom. The van der Waals surface area contributed by atoms with E-state index in [1.54, 1.807) is 41.0 Å². The molecule has 8 nitrogen and oxygen atoms in total. The van der Waals surface area contributed by atoms with Gasteiger partial charge in [-0.3, -0.25) is 4.57 Å². The largest absolute Gasteiger partial charge is 0.495 e. The van der Waals surface area contributed by atoms with Crippen LogP contribution in [-0.4, -0.2) is 21.9 Å². The molecule has 0 aliphatic rings. The second kappa shape index (κ2) is 6.56. The van der Waals surface area contributed by atoms with Crippen molar-refractivity contribution in [3.05, 3.63) is 42.1 Å². The van der Waals surface area contributed by atoms with E-state index in [-0.39, 0.29) is 11.3 Å². The minimum absolute atomic E-state index is 0.149. The molecular weight excluding hydrogens is 282 g/mol. The predicted octanol–water partition coefficient (Wildman–Crippen LogP) is 1.51. The van der Waals surface area contributed by atoms with Crippen LogP contribution in [0.2, 0.25) is 0 Å². The van der Waals surface area contributed by atoms with Crippen molar-refractivity contribution in [2.45, 2.75) is 0 Å². The van der Waals surface area contributed by atoms with Gasteiger partial charge in [0.05, 0.1) is 18.5 Å². The first kappa shape index (κ1) is 14.6. The maximum absolute atomic E-state index is 9.10. The molecular formula is C14H9N7O. The minimum atomic E-state index is -0.306. The summed E-state index contributed by atoms with van der Waals surface area (Å²) in [7, 11) is 1.48. The third-order valence-electron chi connectivity index (χ3n) is 2.75. The topological polar surface area (TPSA) is 123 Å². The van der Waals surface area contributed by atoms with Gasteiger partial charge in [-0.25, -0.2) is 0 Å². The van der Waals surface area contributed by atoms with Crippen molar-refractivity contribution in [3.8, 4) is 29.6 Å². The third kappa shape index (κ3) is 2.84. The molecule has 106 valence electrons. The first-order chi connectivity index (χ1) is 10.7. The first-order valence-electron chi connectivity index (χ1n) is 5.98. The van der Waals surface area contributed by atoms with Gasteiger partial charge >= 0.3 is 0 Å². The van der Waals surface area contributed by atoms with Crippen LogP contribution in [0.1, 0.15) is 0 Å². The fourth-order valence-electron chi connectivity index (χ4n) is 1.71. The maximum atomic E-state index is 9.10. The normalized spacial score (nSPS) is 9.00. The van der Waals surface area contributed by atoms with Gasteiger partial charge in [0.2, 0.25) is 0 Å². The molecule has 2 aromatic rings. The van der Waals surface area contributed by atoms with Crippen molar-refractivity contribution < 1.29 is 4.74 Å². The average molecular weight is 291 g/mol. The molecule has 1 heterocycles. The number of hydrogen-bond acceptors (Lipinski definition) is 7. The summed E-state index contributed by atoms with van der Waals surface area (Å²) in [6, 6.07) is 10.3. The number of hydrogen-bond donors (Lipinski definition) is 1. The maximum Gasteiger partial charge on any atom is 0.163 e. The Bertz CT molecular complexity index is 816. The Hall–Kier alpha value is -3.83. The molecule has 22 heavy (non-hydrogen) atoms. The number of nitriles is 3. The lowest BCUT2D eigenvalue weighted by Gasteiger charge is -2.12. The molecule has 0 aliphatic heterocycles. The molecule has 0 aliphatic carbocycles. The number of methoxy groups -OCH3 is 1. The van der Waals surface area contributed by atoms with Crippen molar-refractivity contribution in [2.24, 2.45) is 0 Å². The Labute approximate surface area is 126 Å². The molecule has 2 rings (SSSR count). The predicted molar refractivity (Wildman–Crippen MR) is 75.4 cm³/mol. The van der Waals surface area contributed by atoms with Crippen molar-refractivity contribution in [3.63, 3.8) is 0 Å². The number of anilines is 1. The van der Waals surface area contributed by atoms with Gasteiger partial charge in [-0.05, 0) is 18.2 Å². The average Bonchev–Trinajstić information content (AvgIpc) is 3.09. The molecule has 1 N–H and O–H groups in total. The smallest absolute Gasteiger partial charge is 0.163 e. The molecule has 0 amide bonds. The van der Waals surface area contributed by atoms with E-state index in [4.69, 9.17) is 20.5 Å². The van der Waals surface area contributed by atoms with Gasteiger partial charge < -0.3 is 10.1 Å². The number of nitrogens with one attached hydrogen (secondary N) is 1. The molecule has 1 aromatic heterocycles. The fourth-order valence-corrected chi connectivity index (χ4v) is 1.71. The van der Waals surface area contributed by atoms with Crippen LogP contribution < -0.4 is 10.1 Å². The molecule has 0 saturated carbocycles. The fraction of sp³-hybridized carbons (Fsp3) is 0.0714. The number of aromatic nitrogens is 3. The van der Waals surface area contributed by atoms with Crippen LogP contribution in [0.3, 0.4) is 0 Å². The van der Waals surface area contributed by atoms with Crippen molar-refractivity contribution in [2.75, 3.05) is 12.4 Å².